The molecule has 0 bridgehead atoms. The van der Waals surface area contributed by atoms with Gasteiger partial charge in [0, 0.05) is 32.1 Å². The van der Waals surface area contributed by atoms with Gasteiger partial charge in [0.25, 0.3) is 0 Å². The van der Waals surface area contributed by atoms with Gasteiger partial charge in [-0.2, -0.15) is 5.10 Å². The number of anilines is 1. The van der Waals surface area contributed by atoms with Crippen LogP contribution in [0.15, 0.2) is 24.8 Å². The van der Waals surface area contributed by atoms with Gasteiger partial charge in [-0.05, 0) is 37.8 Å². The summed E-state index contributed by atoms with van der Waals surface area (Å²) in [6, 6.07) is 4.30. The lowest BCUT2D eigenvalue weighted by Crippen LogP contribution is -2.45. The van der Waals surface area contributed by atoms with Gasteiger partial charge in [0.15, 0.2) is 11.6 Å². The minimum Gasteiger partial charge on any atom is -0.355 e. The first-order chi connectivity index (χ1) is 13.2. The molecule has 2 aromatic rings. The largest absolute Gasteiger partial charge is 0.355 e. The standard InChI is InChI=1S/C19H27N7O/c1-24(16-5-3-2-4-6-16)19(27)15-9-11-25(12-10-15)17-7-8-18(23-22-17)26-14-20-13-21-26/h7-8,13-16H,2-6,9-12H2,1H3. The van der Waals surface area contributed by atoms with E-state index in [1.165, 1.54) is 25.6 Å². The van der Waals surface area contributed by atoms with Crippen LogP contribution in [0.5, 0.6) is 0 Å². The lowest BCUT2D eigenvalue weighted by atomic mass is 9.91. The predicted octanol–water partition coefficient (Wildman–Crippen LogP) is 2.06. The van der Waals surface area contributed by atoms with Crippen molar-refractivity contribution < 1.29 is 4.79 Å². The third-order valence-corrected chi connectivity index (χ3v) is 5.93. The highest BCUT2D eigenvalue weighted by molar-refractivity contribution is 5.79. The molecule has 1 saturated heterocycles. The molecule has 1 amide bonds. The molecule has 2 aromatic heterocycles. The molecule has 0 atom stereocenters. The topological polar surface area (TPSA) is 80.0 Å². The van der Waals surface area contributed by atoms with Gasteiger partial charge >= 0.3 is 0 Å². The number of amides is 1. The summed E-state index contributed by atoms with van der Waals surface area (Å²) in [6.45, 7) is 1.68. The molecule has 1 aliphatic carbocycles. The molecule has 1 saturated carbocycles. The van der Waals surface area contributed by atoms with Crippen molar-refractivity contribution in [2.24, 2.45) is 5.92 Å². The maximum atomic E-state index is 12.9. The summed E-state index contributed by atoms with van der Waals surface area (Å²) < 4.78 is 1.59. The number of nitrogens with zero attached hydrogens (tertiary/aromatic N) is 7. The smallest absolute Gasteiger partial charge is 0.225 e. The van der Waals surface area contributed by atoms with Crippen LogP contribution in [0, 0.1) is 5.92 Å². The molecular formula is C19H27N7O. The number of hydrogen-bond acceptors (Lipinski definition) is 6. The average Bonchev–Trinajstić information content (AvgIpc) is 3.28. The summed E-state index contributed by atoms with van der Waals surface area (Å²) in [5.74, 6) is 1.96. The fourth-order valence-corrected chi connectivity index (χ4v) is 4.23. The number of hydrogen-bond donors (Lipinski definition) is 0. The SMILES string of the molecule is CN(C(=O)C1CCN(c2ccc(-n3cncn3)nn2)CC1)C1CCCCC1. The molecule has 1 aliphatic heterocycles. The predicted molar refractivity (Wildman–Crippen MR) is 102 cm³/mol. The highest BCUT2D eigenvalue weighted by Gasteiger charge is 2.31. The van der Waals surface area contributed by atoms with Crippen molar-refractivity contribution in [1.82, 2.24) is 29.9 Å². The number of rotatable bonds is 4. The van der Waals surface area contributed by atoms with Crippen LogP contribution >= 0.6 is 0 Å². The fraction of sp³-hybridized carbons (Fsp3) is 0.632. The third-order valence-electron chi connectivity index (χ3n) is 5.93. The molecule has 0 radical (unpaired) electrons. The minimum absolute atomic E-state index is 0.135. The van der Waals surface area contributed by atoms with Crippen LogP contribution in [0.1, 0.15) is 44.9 Å². The lowest BCUT2D eigenvalue weighted by molar-refractivity contribution is -0.137. The molecule has 3 heterocycles. The first kappa shape index (κ1) is 17.9. The van der Waals surface area contributed by atoms with E-state index >= 15 is 0 Å². The average molecular weight is 369 g/mol. The van der Waals surface area contributed by atoms with Gasteiger partial charge < -0.3 is 9.80 Å². The van der Waals surface area contributed by atoms with Crippen LogP contribution in [0.4, 0.5) is 5.82 Å². The minimum atomic E-state index is 0.135. The molecule has 0 N–H and O–H groups in total. The molecule has 27 heavy (non-hydrogen) atoms. The van der Waals surface area contributed by atoms with Crippen LogP contribution in [0.3, 0.4) is 0 Å². The molecule has 0 unspecified atom stereocenters. The van der Waals surface area contributed by atoms with Crippen molar-refractivity contribution >= 4 is 11.7 Å². The Morgan fingerprint density at radius 1 is 1.04 bits per heavy atom. The van der Waals surface area contributed by atoms with E-state index in [0.717, 1.165) is 44.6 Å². The molecule has 0 aromatic carbocycles. The lowest BCUT2D eigenvalue weighted by Gasteiger charge is -2.37. The van der Waals surface area contributed by atoms with Crippen molar-refractivity contribution in [3.63, 3.8) is 0 Å². The Morgan fingerprint density at radius 2 is 1.74 bits per heavy atom. The summed E-state index contributed by atoms with van der Waals surface area (Å²) in [6.07, 6.45) is 11.0. The summed E-state index contributed by atoms with van der Waals surface area (Å²) in [4.78, 5) is 21.0. The van der Waals surface area contributed by atoms with Crippen LogP contribution in [-0.4, -0.2) is 61.9 Å². The van der Waals surface area contributed by atoms with Gasteiger partial charge in [-0.25, -0.2) is 9.67 Å². The second-order valence-electron chi connectivity index (χ2n) is 7.59. The summed E-state index contributed by atoms with van der Waals surface area (Å²) >= 11 is 0. The monoisotopic (exact) mass is 369 g/mol. The summed E-state index contributed by atoms with van der Waals surface area (Å²) in [7, 11) is 2.00. The van der Waals surface area contributed by atoms with Crippen LogP contribution < -0.4 is 4.90 Å². The summed E-state index contributed by atoms with van der Waals surface area (Å²) in [5.41, 5.74) is 0. The Morgan fingerprint density at radius 3 is 2.37 bits per heavy atom. The van der Waals surface area contributed by atoms with E-state index < -0.39 is 0 Å². The van der Waals surface area contributed by atoms with Crippen LogP contribution in [0.25, 0.3) is 5.82 Å². The van der Waals surface area contributed by atoms with Crippen molar-refractivity contribution in [1.29, 1.82) is 0 Å². The first-order valence-corrected chi connectivity index (χ1v) is 9.93. The van der Waals surface area contributed by atoms with Gasteiger partial charge in [0.1, 0.15) is 12.7 Å². The summed E-state index contributed by atoms with van der Waals surface area (Å²) in [5, 5.41) is 12.6. The van der Waals surface area contributed by atoms with Crippen molar-refractivity contribution in [3.8, 4) is 5.82 Å². The van der Waals surface area contributed by atoms with Gasteiger partial charge in [-0.3, -0.25) is 4.79 Å². The Hall–Kier alpha value is -2.51. The van der Waals surface area contributed by atoms with Gasteiger partial charge in [0.2, 0.25) is 5.91 Å². The van der Waals surface area contributed by atoms with Gasteiger partial charge in [-0.15, -0.1) is 10.2 Å². The van der Waals surface area contributed by atoms with E-state index in [1.807, 2.05) is 24.1 Å². The number of carbonyl (C=O) groups is 1. The fourth-order valence-electron chi connectivity index (χ4n) is 4.23. The van der Waals surface area contributed by atoms with E-state index in [-0.39, 0.29) is 5.92 Å². The Balaban J connectivity index is 1.32. The third kappa shape index (κ3) is 3.94. The molecule has 8 nitrogen and oxygen atoms in total. The quantitative estimate of drug-likeness (QED) is 0.821. The maximum absolute atomic E-state index is 12.9. The van der Waals surface area contributed by atoms with E-state index in [0.29, 0.717) is 17.8 Å². The number of piperidine rings is 1. The van der Waals surface area contributed by atoms with E-state index in [1.54, 1.807) is 11.0 Å². The molecule has 8 heteroatoms. The highest BCUT2D eigenvalue weighted by atomic mass is 16.2. The molecule has 4 rings (SSSR count). The zero-order valence-corrected chi connectivity index (χ0v) is 15.9. The van der Waals surface area contributed by atoms with Crippen molar-refractivity contribution in [2.75, 3.05) is 25.0 Å². The molecular weight excluding hydrogens is 342 g/mol. The normalized spacial score (nSPS) is 19.2. The molecule has 0 spiro atoms. The van der Waals surface area contributed by atoms with Crippen LogP contribution in [-0.2, 0) is 4.79 Å². The number of carbonyl (C=O) groups excluding carboxylic acids is 1. The Kier molecular flexibility index (Phi) is 5.31. The van der Waals surface area contributed by atoms with E-state index in [4.69, 9.17) is 0 Å². The second-order valence-corrected chi connectivity index (χ2v) is 7.59. The molecule has 2 fully saturated rings. The van der Waals surface area contributed by atoms with E-state index in [2.05, 4.69) is 25.2 Å². The van der Waals surface area contributed by atoms with Gasteiger partial charge in [0.05, 0.1) is 0 Å². The van der Waals surface area contributed by atoms with Gasteiger partial charge in [-0.1, -0.05) is 19.3 Å². The Bertz CT molecular complexity index is 732. The zero-order chi connectivity index (χ0) is 18.6. The Labute approximate surface area is 159 Å². The maximum Gasteiger partial charge on any atom is 0.225 e. The molecule has 144 valence electrons. The molecule has 2 aliphatic rings. The van der Waals surface area contributed by atoms with Crippen LogP contribution in [0.2, 0.25) is 0 Å². The number of aromatic nitrogens is 5. The second kappa shape index (κ2) is 8.02. The van der Waals surface area contributed by atoms with Crippen molar-refractivity contribution in [3.05, 3.63) is 24.8 Å². The van der Waals surface area contributed by atoms with E-state index in [9.17, 15) is 4.79 Å². The highest BCUT2D eigenvalue weighted by Crippen LogP contribution is 2.27. The van der Waals surface area contributed by atoms with Crippen molar-refractivity contribution in [2.45, 2.75) is 51.0 Å². The zero-order valence-electron chi connectivity index (χ0n) is 15.9. The first-order valence-electron chi connectivity index (χ1n) is 9.93.